The van der Waals surface area contributed by atoms with Gasteiger partial charge in [0.25, 0.3) is 0 Å². The second kappa shape index (κ2) is 6.36. The average molecular weight is 254 g/mol. The van der Waals surface area contributed by atoms with E-state index in [1.807, 2.05) is 7.11 Å². The smallest absolute Gasteiger partial charge is 0.0805 e. The van der Waals surface area contributed by atoms with E-state index in [2.05, 4.69) is 24.1 Å². The average Bonchev–Trinajstić information content (AvgIpc) is 2.33. The summed E-state index contributed by atoms with van der Waals surface area (Å²) in [6, 6.07) is 0.723. The normalized spacial score (nSPS) is 32.2. The Morgan fingerprint density at radius 2 is 2.17 bits per heavy atom. The molecule has 0 aromatic rings. The first kappa shape index (κ1) is 14.3. The summed E-state index contributed by atoms with van der Waals surface area (Å²) in [6.07, 6.45) is 6.39. The molecule has 2 rings (SSSR count). The van der Waals surface area contributed by atoms with Crippen LogP contribution in [0.4, 0.5) is 0 Å². The van der Waals surface area contributed by atoms with E-state index in [1.54, 1.807) is 0 Å². The fourth-order valence-corrected chi connectivity index (χ4v) is 3.41. The molecule has 1 aliphatic carbocycles. The summed E-state index contributed by atoms with van der Waals surface area (Å²) >= 11 is 0. The number of nitrogens with zero attached hydrogens (tertiary/aromatic N) is 1. The molecule has 1 saturated carbocycles. The highest BCUT2D eigenvalue weighted by molar-refractivity contribution is 4.94. The minimum atomic E-state index is 0.198. The molecule has 0 aromatic heterocycles. The zero-order valence-electron chi connectivity index (χ0n) is 12.4. The quantitative estimate of drug-likeness (QED) is 0.787. The first-order chi connectivity index (χ1) is 8.69. The lowest BCUT2D eigenvalue weighted by atomic mass is 9.79. The minimum absolute atomic E-state index is 0.198. The van der Waals surface area contributed by atoms with Gasteiger partial charge >= 0.3 is 0 Å². The number of hydrogen-bond donors (Lipinski definition) is 1. The van der Waals surface area contributed by atoms with Gasteiger partial charge < -0.3 is 15.0 Å². The number of methoxy groups -OCH3 is 1. The number of hydrogen-bond acceptors (Lipinski definition) is 3. The molecule has 0 spiro atoms. The number of rotatable bonds is 6. The van der Waals surface area contributed by atoms with E-state index in [4.69, 9.17) is 4.74 Å². The predicted molar refractivity (Wildman–Crippen MR) is 75.9 cm³/mol. The van der Waals surface area contributed by atoms with Crippen LogP contribution in [0.5, 0.6) is 0 Å². The lowest BCUT2D eigenvalue weighted by molar-refractivity contribution is -0.0966. The van der Waals surface area contributed by atoms with Gasteiger partial charge in [-0.1, -0.05) is 13.8 Å². The van der Waals surface area contributed by atoms with Crippen LogP contribution in [0.2, 0.25) is 0 Å². The summed E-state index contributed by atoms with van der Waals surface area (Å²) in [4.78, 5) is 2.62. The molecule has 2 unspecified atom stereocenters. The van der Waals surface area contributed by atoms with Gasteiger partial charge in [0, 0.05) is 26.2 Å². The van der Waals surface area contributed by atoms with Crippen molar-refractivity contribution < 1.29 is 4.74 Å². The lowest BCUT2D eigenvalue weighted by Gasteiger charge is -2.46. The van der Waals surface area contributed by atoms with Crippen molar-refractivity contribution in [3.05, 3.63) is 0 Å². The SMILES string of the molecule is CCCNC1CCN(CC2(OC)CCC2)CC1C. The first-order valence-corrected chi connectivity index (χ1v) is 7.70. The number of nitrogens with one attached hydrogen (secondary N) is 1. The van der Waals surface area contributed by atoms with Gasteiger partial charge in [-0.05, 0) is 51.1 Å². The molecular formula is C15H30N2O. The monoisotopic (exact) mass is 254 g/mol. The summed E-state index contributed by atoms with van der Waals surface area (Å²) in [6.45, 7) is 9.40. The summed E-state index contributed by atoms with van der Waals surface area (Å²) < 4.78 is 5.75. The largest absolute Gasteiger partial charge is 0.377 e. The van der Waals surface area contributed by atoms with Gasteiger partial charge in [-0.25, -0.2) is 0 Å². The molecule has 3 heteroatoms. The van der Waals surface area contributed by atoms with Crippen LogP contribution in [0.3, 0.4) is 0 Å². The third-order valence-corrected chi connectivity index (χ3v) is 4.86. The molecule has 1 N–H and O–H groups in total. The van der Waals surface area contributed by atoms with Gasteiger partial charge in [-0.15, -0.1) is 0 Å². The van der Waals surface area contributed by atoms with E-state index in [-0.39, 0.29) is 5.60 Å². The molecule has 0 aromatic carbocycles. The van der Waals surface area contributed by atoms with Crippen LogP contribution in [0.15, 0.2) is 0 Å². The van der Waals surface area contributed by atoms with E-state index < -0.39 is 0 Å². The summed E-state index contributed by atoms with van der Waals surface area (Å²) in [5.74, 6) is 0.763. The Kier molecular flexibility index (Phi) is 5.05. The van der Waals surface area contributed by atoms with Gasteiger partial charge in [0.15, 0.2) is 0 Å². The second-order valence-electron chi connectivity index (χ2n) is 6.30. The van der Waals surface area contributed by atoms with Gasteiger partial charge in [-0.3, -0.25) is 0 Å². The van der Waals surface area contributed by atoms with Gasteiger partial charge in [-0.2, -0.15) is 0 Å². The molecule has 18 heavy (non-hydrogen) atoms. The third kappa shape index (κ3) is 3.25. The topological polar surface area (TPSA) is 24.5 Å². The number of ether oxygens (including phenoxy) is 1. The van der Waals surface area contributed by atoms with Crippen LogP contribution >= 0.6 is 0 Å². The summed E-state index contributed by atoms with van der Waals surface area (Å²) in [7, 11) is 1.89. The van der Waals surface area contributed by atoms with E-state index in [0.29, 0.717) is 0 Å². The minimum Gasteiger partial charge on any atom is -0.377 e. The first-order valence-electron chi connectivity index (χ1n) is 7.70. The van der Waals surface area contributed by atoms with E-state index in [0.717, 1.165) is 25.0 Å². The molecule has 0 amide bonds. The maximum Gasteiger partial charge on any atom is 0.0805 e. The standard InChI is InChI=1S/C15H30N2O/c1-4-9-16-14-6-10-17(11-13(14)2)12-15(18-3)7-5-8-15/h13-14,16H,4-12H2,1-3H3. The molecule has 0 bridgehead atoms. The zero-order chi connectivity index (χ0) is 13.0. The zero-order valence-corrected chi connectivity index (χ0v) is 12.4. The Balaban J connectivity index is 1.77. The van der Waals surface area contributed by atoms with Crippen LogP contribution in [0.1, 0.15) is 46.0 Å². The second-order valence-corrected chi connectivity index (χ2v) is 6.30. The number of likely N-dealkylation sites (tertiary alicyclic amines) is 1. The molecule has 1 aliphatic heterocycles. The maximum atomic E-state index is 5.75. The fraction of sp³-hybridized carbons (Fsp3) is 1.00. The maximum absolute atomic E-state index is 5.75. The van der Waals surface area contributed by atoms with Gasteiger partial charge in [0.05, 0.1) is 5.60 Å². The lowest BCUT2D eigenvalue weighted by Crippen LogP contribution is -2.55. The summed E-state index contributed by atoms with van der Waals surface area (Å²) in [5.41, 5.74) is 0.198. The molecule has 106 valence electrons. The summed E-state index contributed by atoms with van der Waals surface area (Å²) in [5, 5.41) is 3.69. The van der Waals surface area contributed by atoms with Crippen molar-refractivity contribution in [2.45, 2.75) is 57.6 Å². The molecule has 2 fully saturated rings. The number of piperidine rings is 1. The van der Waals surface area contributed by atoms with Crippen molar-refractivity contribution in [2.24, 2.45) is 5.92 Å². The molecular weight excluding hydrogens is 224 g/mol. The van der Waals surface area contributed by atoms with E-state index in [9.17, 15) is 0 Å². The van der Waals surface area contributed by atoms with Crippen molar-refractivity contribution in [3.8, 4) is 0 Å². The van der Waals surface area contributed by atoms with Crippen LogP contribution in [-0.2, 0) is 4.74 Å². The molecule has 2 atom stereocenters. The molecule has 3 nitrogen and oxygen atoms in total. The Hall–Kier alpha value is -0.120. The van der Waals surface area contributed by atoms with Crippen LogP contribution in [0, 0.1) is 5.92 Å². The third-order valence-electron chi connectivity index (χ3n) is 4.86. The van der Waals surface area contributed by atoms with Gasteiger partial charge in [0.1, 0.15) is 0 Å². The molecule has 2 aliphatic rings. The predicted octanol–water partition coefficient (Wildman–Crippen LogP) is 2.27. The fourth-order valence-electron chi connectivity index (χ4n) is 3.41. The van der Waals surface area contributed by atoms with Crippen LogP contribution in [0.25, 0.3) is 0 Å². The van der Waals surface area contributed by atoms with E-state index in [1.165, 1.54) is 45.2 Å². The highest BCUT2D eigenvalue weighted by Crippen LogP contribution is 2.36. The molecule has 1 saturated heterocycles. The Morgan fingerprint density at radius 1 is 1.39 bits per heavy atom. The van der Waals surface area contributed by atoms with Crippen molar-refractivity contribution in [2.75, 3.05) is 33.3 Å². The Bertz CT molecular complexity index is 247. The van der Waals surface area contributed by atoms with Crippen molar-refractivity contribution in [1.29, 1.82) is 0 Å². The van der Waals surface area contributed by atoms with Gasteiger partial charge in [0.2, 0.25) is 0 Å². The highest BCUT2D eigenvalue weighted by Gasteiger charge is 2.39. The Labute approximate surface area is 112 Å². The molecule has 0 radical (unpaired) electrons. The van der Waals surface area contributed by atoms with Crippen molar-refractivity contribution in [1.82, 2.24) is 10.2 Å². The van der Waals surface area contributed by atoms with E-state index >= 15 is 0 Å². The van der Waals surface area contributed by atoms with Crippen molar-refractivity contribution >= 4 is 0 Å². The van der Waals surface area contributed by atoms with Crippen LogP contribution < -0.4 is 5.32 Å². The highest BCUT2D eigenvalue weighted by atomic mass is 16.5. The van der Waals surface area contributed by atoms with Crippen molar-refractivity contribution in [3.63, 3.8) is 0 Å². The Morgan fingerprint density at radius 3 is 2.67 bits per heavy atom. The van der Waals surface area contributed by atoms with Crippen LogP contribution in [-0.4, -0.2) is 49.8 Å². The molecule has 1 heterocycles.